The molecule has 4 heteroatoms. The maximum absolute atomic E-state index is 5.40. The van der Waals surface area contributed by atoms with Gasteiger partial charge in [-0.2, -0.15) is 11.8 Å². The molecule has 0 aliphatic carbocycles. The van der Waals surface area contributed by atoms with Crippen molar-refractivity contribution in [3.63, 3.8) is 0 Å². The van der Waals surface area contributed by atoms with Gasteiger partial charge in [0.25, 0.3) is 0 Å². The first-order valence-electron chi connectivity index (χ1n) is 5.84. The summed E-state index contributed by atoms with van der Waals surface area (Å²) in [5.74, 6) is 0. The first kappa shape index (κ1) is 12.7. The van der Waals surface area contributed by atoms with Gasteiger partial charge in [-0.1, -0.05) is 19.1 Å². The number of hydrogen-bond donors (Lipinski definition) is 1. The summed E-state index contributed by atoms with van der Waals surface area (Å²) in [6, 6.07) is 6.30. The molecule has 2 aromatic rings. The molecular weight excluding hydrogens is 248 g/mol. The predicted molar refractivity (Wildman–Crippen MR) is 79.5 cm³/mol. The molecule has 17 heavy (non-hydrogen) atoms. The second kappa shape index (κ2) is 5.27. The average Bonchev–Trinajstić information content (AvgIpc) is 2.63. The number of nitrogens with zero attached hydrogens (tertiary/aromatic N) is 1. The van der Waals surface area contributed by atoms with Gasteiger partial charge < -0.3 is 9.55 Å². The Morgan fingerprint density at radius 1 is 1.47 bits per heavy atom. The highest BCUT2D eigenvalue weighted by molar-refractivity contribution is 7.99. The van der Waals surface area contributed by atoms with Crippen molar-refractivity contribution in [2.45, 2.75) is 32.1 Å². The summed E-state index contributed by atoms with van der Waals surface area (Å²) in [6.45, 7) is 5.39. The van der Waals surface area contributed by atoms with Crippen molar-refractivity contribution in [2.24, 2.45) is 0 Å². The van der Waals surface area contributed by atoms with Crippen molar-refractivity contribution >= 4 is 35.0 Å². The van der Waals surface area contributed by atoms with Crippen molar-refractivity contribution < 1.29 is 0 Å². The third kappa shape index (κ3) is 2.58. The summed E-state index contributed by atoms with van der Waals surface area (Å²) in [5, 5.41) is 0.672. The first-order valence-corrected chi connectivity index (χ1v) is 7.54. The van der Waals surface area contributed by atoms with E-state index in [9.17, 15) is 0 Å². The van der Waals surface area contributed by atoms with E-state index in [1.807, 2.05) is 11.8 Å². The van der Waals surface area contributed by atoms with E-state index in [2.05, 4.69) is 47.9 Å². The quantitative estimate of drug-likeness (QED) is 0.839. The summed E-state index contributed by atoms with van der Waals surface area (Å²) in [5.41, 5.74) is 3.68. The highest BCUT2D eigenvalue weighted by Gasteiger charge is 2.07. The lowest BCUT2D eigenvalue weighted by Crippen LogP contribution is -2.05. The number of para-hydroxylation sites is 1. The lowest BCUT2D eigenvalue weighted by Gasteiger charge is -2.10. The van der Waals surface area contributed by atoms with Gasteiger partial charge in [0.1, 0.15) is 0 Å². The Labute approximate surface area is 111 Å². The normalized spacial score (nSPS) is 13.1. The van der Waals surface area contributed by atoms with Crippen LogP contribution in [0.1, 0.15) is 18.9 Å². The van der Waals surface area contributed by atoms with Crippen LogP contribution in [0.2, 0.25) is 0 Å². The molecule has 0 aliphatic heterocycles. The number of aromatic amines is 1. The Hall–Kier alpha value is -0.740. The van der Waals surface area contributed by atoms with E-state index < -0.39 is 0 Å². The van der Waals surface area contributed by atoms with Gasteiger partial charge >= 0.3 is 0 Å². The molecule has 1 unspecified atom stereocenters. The molecule has 0 saturated carbocycles. The van der Waals surface area contributed by atoms with Gasteiger partial charge in [-0.3, -0.25) is 0 Å². The maximum Gasteiger partial charge on any atom is 0.178 e. The number of thioether (sulfide) groups is 1. The van der Waals surface area contributed by atoms with Gasteiger partial charge in [0, 0.05) is 11.8 Å². The smallest absolute Gasteiger partial charge is 0.178 e. The standard InChI is InChI=1S/C13H18N2S2/c1-9-5-4-6-11-12(9)15(13(16)14-11)8-7-10(2)17-3/h4-6,10H,7-8H2,1-3H3,(H,14,16). The third-order valence-corrected chi connectivity index (χ3v) is 4.52. The highest BCUT2D eigenvalue weighted by atomic mass is 32.2. The molecule has 1 atom stereocenters. The summed E-state index contributed by atoms with van der Waals surface area (Å²) >= 11 is 7.31. The van der Waals surface area contributed by atoms with Gasteiger partial charge in [-0.15, -0.1) is 0 Å². The minimum atomic E-state index is 0.672. The second-order valence-electron chi connectivity index (χ2n) is 4.39. The lowest BCUT2D eigenvalue weighted by atomic mass is 10.2. The molecular formula is C13H18N2S2. The molecule has 0 fully saturated rings. The zero-order valence-electron chi connectivity index (χ0n) is 10.5. The van der Waals surface area contributed by atoms with E-state index in [1.165, 1.54) is 11.1 Å². The topological polar surface area (TPSA) is 20.7 Å². The first-order chi connectivity index (χ1) is 8.13. The number of benzene rings is 1. The van der Waals surface area contributed by atoms with Crippen LogP contribution >= 0.6 is 24.0 Å². The Morgan fingerprint density at radius 2 is 2.24 bits per heavy atom. The van der Waals surface area contributed by atoms with Gasteiger partial charge in [0.2, 0.25) is 0 Å². The number of imidazole rings is 1. The van der Waals surface area contributed by atoms with Crippen LogP contribution in [0.3, 0.4) is 0 Å². The van der Waals surface area contributed by atoms with E-state index in [-0.39, 0.29) is 0 Å². The van der Waals surface area contributed by atoms with Crippen molar-refractivity contribution in [3.05, 3.63) is 28.5 Å². The zero-order chi connectivity index (χ0) is 12.4. The highest BCUT2D eigenvalue weighted by Crippen LogP contribution is 2.20. The van der Waals surface area contributed by atoms with Crippen LogP contribution in [0, 0.1) is 11.7 Å². The van der Waals surface area contributed by atoms with Gasteiger partial charge in [0.05, 0.1) is 11.0 Å². The van der Waals surface area contributed by atoms with E-state index >= 15 is 0 Å². The molecule has 2 nitrogen and oxygen atoms in total. The molecule has 1 aromatic heterocycles. The average molecular weight is 266 g/mol. The van der Waals surface area contributed by atoms with E-state index in [4.69, 9.17) is 12.2 Å². The lowest BCUT2D eigenvalue weighted by molar-refractivity contribution is 0.648. The number of hydrogen-bond acceptors (Lipinski definition) is 2. The molecule has 1 aromatic carbocycles. The Balaban J connectivity index is 2.39. The fraction of sp³-hybridized carbons (Fsp3) is 0.462. The van der Waals surface area contributed by atoms with Crippen LogP contribution in [0.15, 0.2) is 18.2 Å². The molecule has 0 saturated heterocycles. The fourth-order valence-electron chi connectivity index (χ4n) is 2.04. The maximum atomic E-state index is 5.40. The molecule has 0 radical (unpaired) electrons. The minimum absolute atomic E-state index is 0.672. The summed E-state index contributed by atoms with van der Waals surface area (Å²) in [6.07, 6.45) is 3.31. The fourth-order valence-corrected chi connectivity index (χ4v) is 2.68. The van der Waals surface area contributed by atoms with Crippen molar-refractivity contribution in [3.8, 4) is 0 Å². The largest absolute Gasteiger partial charge is 0.331 e. The summed E-state index contributed by atoms with van der Waals surface area (Å²) < 4.78 is 3.06. The van der Waals surface area contributed by atoms with Gasteiger partial charge in [0.15, 0.2) is 4.77 Å². The van der Waals surface area contributed by atoms with Crippen LogP contribution in [0.4, 0.5) is 0 Å². The van der Waals surface area contributed by atoms with Gasteiger partial charge in [-0.05, 0) is 43.4 Å². The van der Waals surface area contributed by atoms with Crippen molar-refractivity contribution in [1.29, 1.82) is 0 Å². The Kier molecular flexibility index (Phi) is 3.94. The molecule has 1 heterocycles. The molecule has 2 rings (SSSR count). The number of nitrogens with one attached hydrogen (secondary N) is 1. The predicted octanol–water partition coefficient (Wildman–Crippen LogP) is 4.15. The van der Waals surface area contributed by atoms with Crippen LogP contribution in [0.5, 0.6) is 0 Å². The number of fused-ring (bicyclic) bond motifs is 1. The van der Waals surface area contributed by atoms with E-state index in [0.717, 1.165) is 23.3 Å². The summed E-state index contributed by atoms with van der Waals surface area (Å²) in [4.78, 5) is 3.28. The van der Waals surface area contributed by atoms with Crippen LogP contribution in [-0.4, -0.2) is 21.1 Å². The molecule has 0 amide bonds. The second-order valence-corrected chi connectivity index (χ2v) is 6.05. The molecule has 92 valence electrons. The summed E-state index contributed by atoms with van der Waals surface area (Å²) in [7, 11) is 0. The number of aryl methyl sites for hydroxylation is 2. The molecule has 0 bridgehead atoms. The Morgan fingerprint density at radius 3 is 2.94 bits per heavy atom. The van der Waals surface area contributed by atoms with Crippen molar-refractivity contribution in [1.82, 2.24) is 9.55 Å². The SMILES string of the molecule is CSC(C)CCn1c(=S)[nH]c2cccc(C)c21. The minimum Gasteiger partial charge on any atom is -0.331 e. The number of H-pyrrole nitrogens is 1. The monoisotopic (exact) mass is 266 g/mol. The number of aromatic nitrogens is 2. The van der Waals surface area contributed by atoms with E-state index in [1.54, 1.807) is 0 Å². The van der Waals surface area contributed by atoms with Crippen LogP contribution in [-0.2, 0) is 6.54 Å². The molecule has 0 aliphatic rings. The van der Waals surface area contributed by atoms with Crippen molar-refractivity contribution in [2.75, 3.05) is 6.26 Å². The van der Waals surface area contributed by atoms with Crippen LogP contribution < -0.4 is 0 Å². The zero-order valence-corrected chi connectivity index (χ0v) is 12.1. The third-order valence-electron chi connectivity index (χ3n) is 3.16. The Bertz CT molecular complexity index is 568. The van der Waals surface area contributed by atoms with Gasteiger partial charge in [-0.25, -0.2) is 0 Å². The molecule has 0 spiro atoms. The number of rotatable bonds is 4. The molecule has 1 N–H and O–H groups in total. The van der Waals surface area contributed by atoms with Crippen LogP contribution in [0.25, 0.3) is 11.0 Å². The van der Waals surface area contributed by atoms with E-state index in [0.29, 0.717) is 5.25 Å².